The van der Waals surface area contributed by atoms with Gasteiger partial charge in [0.2, 0.25) is 0 Å². The number of allylic oxidation sites excluding steroid dienone is 3. The Hall–Kier alpha value is -1.05. The van der Waals surface area contributed by atoms with E-state index in [0.717, 1.165) is 19.3 Å². The van der Waals surface area contributed by atoms with Crippen LogP contribution in [-0.2, 0) is 9.53 Å². The zero-order valence-corrected chi connectivity index (χ0v) is 15.8. The summed E-state index contributed by atoms with van der Waals surface area (Å²) in [5.41, 5.74) is 3.35. The molecule has 0 N–H and O–H groups in total. The number of fused-ring (bicyclic) bond motifs is 3. The highest BCUT2D eigenvalue weighted by Gasteiger charge is 2.63. The Morgan fingerprint density at radius 3 is 2.75 bits per heavy atom. The van der Waals surface area contributed by atoms with Crippen LogP contribution in [0.3, 0.4) is 0 Å². The smallest absolute Gasteiger partial charge is 0.311 e. The first kappa shape index (κ1) is 16.4. The third-order valence-electron chi connectivity index (χ3n) is 8.45. The zero-order valence-electron chi connectivity index (χ0n) is 15.8. The van der Waals surface area contributed by atoms with Crippen LogP contribution in [0.1, 0.15) is 65.7 Å². The third kappa shape index (κ3) is 1.86. The minimum atomic E-state index is -0.320. The molecular formula is C22H32O2. The van der Waals surface area contributed by atoms with E-state index in [2.05, 4.69) is 33.4 Å². The Morgan fingerprint density at radius 1 is 1.29 bits per heavy atom. The molecule has 0 aromatic rings. The van der Waals surface area contributed by atoms with E-state index in [1.54, 1.807) is 12.7 Å². The van der Waals surface area contributed by atoms with Gasteiger partial charge in [0, 0.05) is 0 Å². The number of carbonyl (C=O) groups excluding carboxylic acids is 1. The Morgan fingerprint density at radius 2 is 2.04 bits per heavy atom. The Balaban J connectivity index is 1.80. The number of hydrogen-bond donors (Lipinski definition) is 0. The summed E-state index contributed by atoms with van der Waals surface area (Å²) >= 11 is 0. The minimum absolute atomic E-state index is 0.00698. The maximum absolute atomic E-state index is 12.7. The molecule has 4 aliphatic carbocycles. The van der Waals surface area contributed by atoms with Crippen LogP contribution in [0.25, 0.3) is 0 Å². The van der Waals surface area contributed by atoms with Crippen LogP contribution in [0.5, 0.6) is 0 Å². The van der Waals surface area contributed by atoms with Gasteiger partial charge in [0.05, 0.1) is 12.5 Å². The largest absolute Gasteiger partial charge is 0.469 e. The van der Waals surface area contributed by atoms with Crippen molar-refractivity contribution in [2.45, 2.75) is 65.7 Å². The van der Waals surface area contributed by atoms with Crippen molar-refractivity contribution in [2.75, 3.05) is 7.11 Å². The van der Waals surface area contributed by atoms with E-state index in [-0.39, 0.29) is 16.8 Å². The summed E-state index contributed by atoms with van der Waals surface area (Å²) in [7, 11) is 1.55. The van der Waals surface area contributed by atoms with Crippen molar-refractivity contribution in [3.63, 3.8) is 0 Å². The molecule has 3 saturated carbocycles. The van der Waals surface area contributed by atoms with Crippen LogP contribution >= 0.6 is 0 Å². The summed E-state index contributed by atoms with van der Waals surface area (Å²) in [6.45, 7) is 11.4. The molecule has 4 aliphatic rings. The lowest BCUT2D eigenvalue weighted by Gasteiger charge is -2.60. The summed E-state index contributed by atoms with van der Waals surface area (Å²) in [6.07, 6.45) is 10.8. The maximum atomic E-state index is 12.7. The molecule has 2 nitrogen and oxygen atoms in total. The van der Waals surface area contributed by atoms with Crippen LogP contribution in [0.2, 0.25) is 0 Å². The van der Waals surface area contributed by atoms with Crippen molar-refractivity contribution in [1.29, 1.82) is 0 Å². The fourth-order valence-corrected chi connectivity index (χ4v) is 7.38. The fraction of sp³-hybridized carbons (Fsp3) is 0.773. The molecule has 0 radical (unpaired) electrons. The summed E-state index contributed by atoms with van der Waals surface area (Å²) in [6, 6.07) is 0. The monoisotopic (exact) mass is 328 g/mol. The molecule has 6 unspecified atom stereocenters. The molecule has 2 bridgehead atoms. The van der Waals surface area contributed by atoms with Crippen LogP contribution in [0.15, 0.2) is 23.8 Å². The van der Waals surface area contributed by atoms with E-state index < -0.39 is 0 Å². The summed E-state index contributed by atoms with van der Waals surface area (Å²) in [5.74, 6) is 1.71. The first-order chi connectivity index (χ1) is 11.3. The lowest BCUT2D eigenvalue weighted by atomic mass is 9.43. The molecule has 3 fully saturated rings. The van der Waals surface area contributed by atoms with Crippen molar-refractivity contribution in [3.05, 3.63) is 23.8 Å². The van der Waals surface area contributed by atoms with Crippen molar-refractivity contribution in [1.82, 2.24) is 0 Å². The molecule has 0 aliphatic heterocycles. The van der Waals surface area contributed by atoms with Crippen LogP contribution in [0, 0.1) is 34.0 Å². The Kier molecular flexibility index (Phi) is 3.41. The highest BCUT2D eigenvalue weighted by molar-refractivity contribution is 5.77. The SMILES string of the molecule is C=C1CC23CCC4C(C)(C(=O)OC)CCCC4(C)C2=CC(C)C1C3. The molecule has 4 rings (SSSR count). The van der Waals surface area contributed by atoms with Gasteiger partial charge in [-0.15, -0.1) is 0 Å². The second-order valence-electron chi connectivity index (χ2n) is 9.64. The molecule has 0 aromatic heterocycles. The quantitative estimate of drug-likeness (QED) is 0.482. The predicted molar refractivity (Wildman–Crippen MR) is 96.3 cm³/mol. The van der Waals surface area contributed by atoms with Gasteiger partial charge >= 0.3 is 5.97 Å². The van der Waals surface area contributed by atoms with E-state index in [1.165, 1.54) is 31.3 Å². The average molecular weight is 328 g/mol. The molecule has 132 valence electrons. The van der Waals surface area contributed by atoms with Gasteiger partial charge in [-0.2, -0.15) is 0 Å². The highest BCUT2D eigenvalue weighted by atomic mass is 16.5. The first-order valence-electron chi connectivity index (χ1n) is 9.76. The van der Waals surface area contributed by atoms with Crippen LogP contribution < -0.4 is 0 Å². The van der Waals surface area contributed by atoms with E-state index in [1.807, 2.05) is 0 Å². The highest BCUT2D eigenvalue weighted by Crippen LogP contribution is 2.71. The molecule has 1 spiro atoms. The minimum Gasteiger partial charge on any atom is -0.469 e. The van der Waals surface area contributed by atoms with Gasteiger partial charge in [0.1, 0.15) is 0 Å². The second-order valence-corrected chi connectivity index (χ2v) is 9.64. The Bertz CT molecular complexity index is 632. The predicted octanol–water partition coefficient (Wildman–Crippen LogP) is 5.29. The van der Waals surface area contributed by atoms with Crippen molar-refractivity contribution < 1.29 is 9.53 Å². The van der Waals surface area contributed by atoms with Crippen molar-refractivity contribution >= 4 is 5.97 Å². The average Bonchev–Trinajstić information content (AvgIpc) is 2.82. The summed E-state index contributed by atoms with van der Waals surface area (Å²) in [5, 5.41) is 0. The van der Waals surface area contributed by atoms with Crippen molar-refractivity contribution in [2.24, 2.45) is 34.0 Å². The normalized spacial score (nSPS) is 49.9. The lowest BCUT2D eigenvalue weighted by Crippen LogP contribution is -2.54. The van der Waals surface area contributed by atoms with Gasteiger partial charge in [-0.25, -0.2) is 0 Å². The summed E-state index contributed by atoms with van der Waals surface area (Å²) < 4.78 is 5.25. The molecule has 0 saturated heterocycles. The maximum Gasteiger partial charge on any atom is 0.311 e. The molecule has 24 heavy (non-hydrogen) atoms. The molecule has 2 heteroatoms. The van der Waals surface area contributed by atoms with Crippen LogP contribution in [0.4, 0.5) is 0 Å². The lowest BCUT2D eigenvalue weighted by molar-refractivity contribution is -0.165. The van der Waals surface area contributed by atoms with Gasteiger partial charge in [-0.3, -0.25) is 4.79 Å². The Labute approximate surface area is 146 Å². The van der Waals surface area contributed by atoms with Gasteiger partial charge in [-0.1, -0.05) is 44.1 Å². The number of esters is 1. The number of rotatable bonds is 1. The third-order valence-corrected chi connectivity index (χ3v) is 8.45. The van der Waals surface area contributed by atoms with E-state index >= 15 is 0 Å². The number of hydrogen-bond acceptors (Lipinski definition) is 2. The number of carbonyl (C=O) groups is 1. The van der Waals surface area contributed by atoms with E-state index in [9.17, 15) is 4.79 Å². The number of methoxy groups -OCH3 is 1. The first-order valence-corrected chi connectivity index (χ1v) is 9.76. The summed E-state index contributed by atoms with van der Waals surface area (Å²) in [4.78, 5) is 12.7. The van der Waals surface area contributed by atoms with Gasteiger partial charge in [0.15, 0.2) is 0 Å². The van der Waals surface area contributed by atoms with Gasteiger partial charge in [-0.05, 0) is 74.0 Å². The standard InChI is InChI=1S/C22H32O2/c1-14-11-18-20(3)8-6-9-21(4,19(23)24-5)17(20)7-10-22(18)12-15(2)16(14)13-22/h11,14,16-17H,2,6-10,12-13H2,1,3-5H3. The van der Waals surface area contributed by atoms with E-state index in [0.29, 0.717) is 23.2 Å². The molecule has 6 atom stereocenters. The topological polar surface area (TPSA) is 26.3 Å². The number of ether oxygens (including phenoxy) is 1. The van der Waals surface area contributed by atoms with Crippen molar-refractivity contribution in [3.8, 4) is 0 Å². The molecule has 0 amide bonds. The van der Waals surface area contributed by atoms with Gasteiger partial charge < -0.3 is 4.74 Å². The zero-order chi connectivity index (χ0) is 17.3. The second kappa shape index (κ2) is 4.99. The molecule has 0 aromatic carbocycles. The fourth-order valence-electron chi connectivity index (χ4n) is 7.38. The van der Waals surface area contributed by atoms with Gasteiger partial charge in [0.25, 0.3) is 0 Å². The molecular weight excluding hydrogens is 296 g/mol. The van der Waals surface area contributed by atoms with E-state index in [4.69, 9.17) is 4.74 Å². The molecule has 0 heterocycles. The van der Waals surface area contributed by atoms with Crippen LogP contribution in [-0.4, -0.2) is 13.1 Å².